The fourth-order valence-corrected chi connectivity index (χ4v) is 1.72. The normalized spacial score (nSPS) is 11.9. The zero-order valence-corrected chi connectivity index (χ0v) is 11.0. The first kappa shape index (κ1) is 15.4. The van der Waals surface area contributed by atoms with E-state index < -0.39 is 11.6 Å². The molecule has 0 aliphatic carbocycles. The molecule has 0 amide bonds. The minimum absolute atomic E-state index is 0.156. The molecule has 0 radical (unpaired) electrons. The summed E-state index contributed by atoms with van der Waals surface area (Å²) in [6, 6.07) is 4.34. The van der Waals surface area contributed by atoms with Crippen molar-refractivity contribution in [2.24, 2.45) is 5.73 Å². The molecule has 1 unspecified atom stereocenters. The van der Waals surface area contributed by atoms with Crippen LogP contribution < -0.4 is 10.5 Å². The van der Waals surface area contributed by atoms with E-state index in [0.29, 0.717) is 31.2 Å². The maximum absolute atomic E-state index is 13.7. The van der Waals surface area contributed by atoms with E-state index >= 15 is 0 Å². The molecule has 1 atom stereocenters. The van der Waals surface area contributed by atoms with Crippen LogP contribution in [0.4, 0.5) is 8.78 Å². The molecule has 1 aromatic carbocycles. The van der Waals surface area contributed by atoms with Crippen molar-refractivity contribution in [2.75, 3.05) is 6.61 Å². The van der Waals surface area contributed by atoms with Crippen LogP contribution in [0.5, 0.6) is 5.75 Å². The van der Waals surface area contributed by atoms with Crippen LogP contribution in [-0.2, 0) is 6.42 Å². The van der Waals surface area contributed by atoms with Crippen molar-refractivity contribution in [1.82, 2.24) is 0 Å². The molecule has 0 aromatic heterocycles. The molecule has 0 bridgehead atoms. The van der Waals surface area contributed by atoms with Crippen LogP contribution in [0.1, 0.15) is 31.7 Å². The number of unbranched alkanes of at least 4 members (excludes halogenated alkanes) is 2. The van der Waals surface area contributed by atoms with Gasteiger partial charge in [0.05, 0.1) is 12.7 Å². The smallest absolute Gasteiger partial charge is 0.190 e. The lowest BCUT2D eigenvalue weighted by Gasteiger charge is -2.11. The van der Waals surface area contributed by atoms with Crippen molar-refractivity contribution in [2.45, 2.75) is 38.6 Å². The van der Waals surface area contributed by atoms with Crippen molar-refractivity contribution in [3.05, 3.63) is 29.3 Å². The molecule has 104 valence electrons. The van der Waals surface area contributed by atoms with Crippen molar-refractivity contribution < 1.29 is 13.5 Å². The largest absolute Gasteiger partial charge is 0.488 e. The summed E-state index contributed by atoms with van der Waals surface area (Å²) in [5.41, 5.74) is 6.10. The average Bonchev–Trinajstić information content (AvgIpc) is 2.31. The molecule has 0 spiro atoms. The summed E-state index contributed by atoms with van der Waals surface area (Å²) < 4.78 is 32.4. The second-order valence-corrected chi connectivity index (χ2v) is 4.53. The zero-order valence-electron chi connectivity index (χ0n) is 11.0. The predicted octanol–water partition coefficient (Wildman–Crippen LogP) is 2.93. The molecule has 0 heterocycles. The molecule has 0 saturated heterocycles. The number of nitrogens with two attached hydrogens (primary N) is 1. The highest BCUT2D eigenvalue weighted by Crippen LogP contribution is 2.24. The van der Waals surface area contributed by atoms with E-state index in [-0.39, 0.29) is 18.4 Å². The van der Waals surface area contributed by atoms with Crippen LogP contribution in [0.3, 0.4) is 0 Å². The number of halogens is 2. The molecule has 1 aromatic rings. The highest BCUT2D eigenvalue weighted by Gasteiger charge is 2.13. The third-order valence-corrected chi connectivity index (χ3v) is 2.55. The van der Waals surface area contributed by atoms with Gasteiger partial charge in [0.1, 0.15) is 0 Å². The van der Waals surface area contributed by atoms with Crippen molar-refractivity contribution >= 4 is 0 Å². The van der Waals surface area contributed by atoms with Gasteiger partial charge in [0.15, 0.2) is 17.4 Å². The Labute approximate surface area is 112 Å². The predicted molar refractivity (Wildman–Crippen MR) is 68.7 cm³/mol. The monoisotopic (exact) mass is 268 g/mol. The van der Waals surface area contributed by atoms with Gasteiger partial charge in [-0.2, -0.15) is 5.26 Å². The van der Waals surface area contributed by atoms with Crippen molar-refractivity contribution in [1.29, 1.82) is 5.26 Å². The summed E-state index contributed by atoms with van der Waals surface area (Å²) >= 11 is 0. The Bertz CT molecular complexity index is 432. The first-order valence-corrected chi connectivity index (χ1v) is 6.28. The van der Waals surface area contributed by atoms with Crippen molar-refractivity contribution in [3.63, 3.8) is 0 Å². The Morgan fingerprint density at radius 1 is 1.32 bits per heavy atom. The number of hydrogen-bond acceptors (Lipinski definition) is 3. The maximum atomic E-state index is 13.7. The first-order valence-electron chi connectivity index (χ1n) is 6.28. The van der Waals surface area contributed by atoms with E-state index in [1.165, 1.54) is 12.1 Å². The molecule has 1 rings (SSSR count). The Kier molecular flexibility index (Phi) is 6.23. The lowest BCUT2D eigenvalue weighted by molar-refractivity contribution is 0.277. The van der Waals surface area contributed by atoms with Gasteiger partial charge in [0.2, 0.25) is 0 Å². The van der Waals surface area contributed by atoms with Gasteiger partial charge in [-0.25, -0.2) is 8.78 Å². The summed E-state index contributed by atoms with van der Waals surface area (Å²) in [4.78, 5) is 0. The third-order valence-electron chi connectivity index (χ3n) is 2.55. The maximum Gasteiger partial charge on any atom is 0.190 e. The fraction of sp³-hybridized carbons (Fsp3) is 0.500. The SMILES string of the molecule is CC(N)Cc1cc(F)c(OCCCCC#N)c(F)c1. The standard InChI is InChI=1S/C14H18F2N2O/c1-10(18)7-11-8-12(15)14(13(16)9-11)19-6-4-2-3-5-17/h8-10H,2-4,6-7,18H2,1H3. The summed E-state index contributed by atoms with van der Waals surface area (Å²) in [6.45, 7) is 1.97. The average molecular weight is 268 g/mol. The van der Waals surface area contributed by atoms with Gasteiger partial charge >= 0.3 is 0 Å². The lowest BCUT2D eigenvalue weighted by Crippen LogP contribution is -2.18. The minimum Gasteiger partial charge on any atom is -0.488 e. The van der Waals surface area contributed by atoms with Crippen molar-refractivity contribution in [3.8, 4) is 11.8 Å². The molecule has 0 saturated carbocycles. The van der Waals surface area contributed by atoms with Gasteiger partial charge < -0.3 is 10.5 Å². The number of rotatable bonds is 7. The number of hydrogen-bond donors (Lipinski definition) is 1. The summed E-state index contributed by atoms with van der Waals surface area (Å²) in [5, 5.41) is 8.35. The topological polar surface area (TPSA) is 59.0 Å². The first-order chi connectivity index (χ1) is 9.04. The third kappa shape index (κ3) is 5.23. The molecule has 0 fully saturated rings. The zero-order chi connectivity index (χ0) is 14.3. The highest BCUT2D eigenvalue weighted by atomic mass is 19.1. The molecule has 0 aliphatic heterocycles. The van der Waals surface area contributed by atoms with Crippen LogP contribution in [-0.4, -0.2) is 12.6 Å². The fourth-order valence-electron chi connectivity index (χ4n) is 1.72. The van der Waals surface area contributed by atoms with E-state index in [0.717, 1.165) is 0 Å². The quantitative estimate of drug-likeness (QED) is 0.773. The second-order valence-electron chi connectivity index (χ2n) is 4.53. The van der Waals surface area contributed by atoms with Gasteiger partial charge in [0.25, 0.3) is 0 Å². The van der Waals surface area contributed by atoms with Gasteiger partial charge in [-0.15, -0.1) is 0 Å². The van der Waals surface area contributed by atoms with Gasteiger partial charge in [0, 0.05) is 12.5 Å². The summed E-state index contributed by atoms with van der Waals surface area (Å²) in [5.74, 6) is -1.78. The number of nitrogens with zero attached hydrogens (tertiary/aromatic N) is 1. The van der Waals surface area contributed by atoms with E-state index in [1.54, 1.807) is 6.92 Å². The Balaban J connectivity index is 2.61. The van der Waals surface area contributed by atoms with Gasteiger partial charge in [-0.05, 0) is 43.9 Å². The number of ether oxygens (including phenoxy) is 1. The number of benzene rings is 1. The van der Waals surface area contributed by atoms with Crippen LogP contribution in [0.25, 0.3) is 0 Å². The molecule has 5 heteroatoms. The summed E-state index contributed by atoms with van der Waals surface area (Å²) in [6.07, 6.45) is 2.08. The number of nitriles is 1. The van der Waals surface area contributed by atoms with Gasteiger partial charge in [-0.3, -0.25) is 0 Å². The van der Waals surface area contributed by atoms with Crippen LogP contribution in [0.2, 0.25) is 0 Å². The van der Waals surface area contributed by atoms with Crippen LogP contribution >= 0.6 is 0 Å². The van der Waals surface area contributed by atoms with E-state index in [2.05, 4.69) is 0 Å². The molecular formula is C14H18F2N2O. The Morgan fingerprint density at radius 2 is 1.95 bits per heavy atom. The van der Waals surface area contributed by atoms with Gasteiger partial charge in [-0.1, -0.05) is 0 Å². The molecular weight excluding hydrogens is 250 g/mol. The Morgan fingerprint density at radius 3 is 2.47 bits per heavy atom. The van der Waals surface area contributed by atoms with E-state index in [4.69, 9.17) is 15.7 Å². The molecule has 0 aliphatic rings. The van der Waals surface area contributed by atoms with Crippen LogP contribution in [0.15, 0.2) is 12.1 Å². The summed E-state index contributed by atoms with van der Waals surface area (Å²) in [7, 11) is 0. The lowest BCUT2D eigenvalue weighted by atomic mass is 10.1. The van der Waals surface area contributed by atoms with Crippen LogP contribution in [0, 0.1) is 23.0 Å². The van der Waals surface area contributed by atoms with E-state index in [1.807, 2.05) is 6.07 Å². The highest BCUT2D eigenvalue weighted by molar-refractivity contribution is 5.31. The molecule has 2 N–H and O–H groups in total. The molecule has 19 heavy (non-hydrogen) atoms. The minimum atomic E-state index is -0.712. The second kappa shape index (κ2) is 7.70. The molecule has 3 nitrogen and oxygen atoms in total. The Hall–Kier alpha value is -1.67. The van der Waals surface area contributed by atoms with E-state index in [9.17, 15) is 8.78 Å².